The van der Waals surface area contributed by atoms with Crippen molar-refractivity contribution in [1.82, 2.24) is 0 Å². The van der Waals surface area contributed by atoms with Crippen molar-refractivity contribution in [3.05, 3.63) is 0 Å². The monoisotopic (exact) mass is 114 g/mol. The summed E-state index contributed by atoms with van der Waals surface area (Å²) >= 11 is 0. The van der Waals surface area contributed by atoms with Gasteiger partial charge in [-0.15, -0.1) is 0 Å². The summed E-state index contributed by atoms with van der Waals surface area (Å²) in [5, 5.41) is 0. The number of epoxide rings is 1. The molecule has 2 saturated heterocycles. The van der Waals surface area contributed by atoms with Gasteiger partial charge in [0.25, 0.3) is 0 Å². The third-order valence-corrected chi connectivity index (χ3v) is 2.34. The van der Waals surface area contributed by atoms with Crippen LogP contribution in [0.15, 0.2) is 0 Å². The van der Waals surface area contributed by atoms with Crippen molar-refractivity contribution in [2.24, 2.45) is 0 Å². The van der Waals surface area contributed by atoms with Crippen LogP contribution in [0.1, 0.15) is 20.8 Å². The lowest BCUT2D eigenvalue weighted by Gasteiger charge is -2.36. The van der Waals surface area contributed by atoms with E-state index in [1.807, 2.05) is 0 Å². The predicted molar refractivity (Wildman–Crippen MR) is 28.4 cm³/mol. The molecule has 0 bridgehead atoms. The Morgan fingerprint density at radius 2 is 1.75 bits per heavy atom. The molecule has 2 fully saturated rings. The van der Waals surface area contributed by atoms with Gasteiger partial charge in [-0.05, 0) is 20.8 Å². The summed E-state index contributed by atoms with van der Waals surface area (Å²) in [5.41, 5.74) is 0.0324. The van der Waals surface area contributed by atoms with Gasteiger partial charge in [0.15, 0.2) is 6.29 Å². The molecule has 2 heterocycles. The van der Waals surface area contributed by atoms with Crippen molar-refractivity contribution in [3.63, 3.8) is 0 Å². The highest BCUT2D eigenvalue weighted by Crippen LogP contribution is 2.58. The molecule has 0 spiro atoms. The standard InChI is InChI=1S/C6H10O2/c1-5(2)6(3)4(7-5)8-6/h4H,1-3H3. The van der Waals surface area contributed by atoms with Gasteiger partial charge < -0.3 is 9.47 Å². The molecule has 2 nitrogen and oxygen atoms in total. The first-order chi connectivity index (χ1) is 3.56. The summed E-state index contributed by atoms with van der Waals surface area (Å²) in [6, 6.07) is 0. The highest BCUT2D eigenvalue weighted by molar-refractivity contribution is 5.15. The maximum atomic E-state index is 5.28. The van der Waals surface area contributed by atoms with E-state index in [0.717, 1.165) is 0 Å². The molecule has 2 unspecified atom stereocenters. The van der Waals surface area contributed by atoms with Crippen LogP contribution >= 0.6 is 0 Å². The lowest BCUT2D eigenvalue weighted by molar-refractivity contribution is -0.139. The van der Waals surface area contributed by atoms with Gasteiger partial charge in [-0.25, -0.2) is 0 Å². The zero-order chi connectivity index (χ0) is 5.99. The first kappa shape index (κ1) is 4.77. The van der Waals surface area contributed by atoms with Crippen LogP contribution in [0, 0.1) is 0 Å². The summed E-state index contributed by atoms with van der Waals surface area (Å²) in [4.78, 5) is 0. The van der Waals surface area contributed by atoms with Crippen molar-refractivity contribution < 1.29 is 9.47 Å². The molecule has 0 aromatic rings. The van der Waals surface area contributed by atoms with E-state index < -0.39 is 0 Å². The SMILES string of the molecule is CC1(C)OC2OC21C. The maximum Gasteiger partial charge on any atom is 0.191 e. The van der Waals surface area contributed by atoms with E-state index in [1.54, 1.807) is 0 Å². The fourth-order valence-electron chi connectivity index (χ4n) is 1.08. The summed E-state index contributed by atoms with van der Waals surface area (Å²) < 4.78 is 10.5. The Labute approximate surface area is 48.8 Å². The first-order valence-corrected chi connectivity index (χ1v) is 2.92. The molecule has 0 N–H and O–H groups in total. The third-order valence-electron chi connectivity index (χ3n) is 2.34. The van der Waals surface area contributed by atoms with Gasteiger partial charge in [-0.2, -0.15) is 0 Å². The van der Waals surface area contributed by atoms with Crippen molar-refractivity contribution in [1.29, 1.82) is 0 Å². The molecular weight excluding hydrogens is 104 g/mol. The Hall–Kier alpha value is -0.0800. The molecule has 0 aromatic carbocycles. The summed E-state index contributed by atoms with van der Waals surface area (Å²) in [5.74, 6) is 0. The molecule has 0 radical (unpaired) electrons. The molecule has 46 valence electrons. The number of ether oxygens (including phenoxy) is 2. The molecule has 2 atom stereocenters. The molecule has 2 aliphatic rings. The van der Waals surface area contributed by atoms with E-state index in [1.165, 1.54) is 0 Å². The minimum Gasteiger partial charge on any atom is -0.340 e. The van der Waals surface area contributed by atoms with E-state index in [-0.39, 0.29) is 17.5 Å². The second-order valence-corrected chi connectivity index (χ2v) is 3.18. The van der Waals surface area contributed by atoms with Gasteiger partial charge in [-0.3, -0.25) is 0 Å². The number of hydrogen-bond donors (Lipinski definition) is 0. The van der Waals surface area contributed by atoms with Crippen LogP contribution in [-0.2, 0) is 9.47 Å². The topological polar surface area (TPSA) is 21.8 Å². The first-order valence-electron chi connectivity index (χ1n) is 2.92. The van der Waals surface area contributed by atoms with Crippen LogP contribution in [-0.4, -0.2) is 17.5 Å². The van der Waals surface area contributed by atoms with Gasteiger partial charge in [0.1, 0.15) is 5.60 Å². The predicted octanol–water partition coefficient (Wildman–Crippen LogP) is 0.910. The van der Waals surface area contributed by atoms with Gasteiger partial charge in [0, 0.05) is 0 Å². The zero-order valence-electron chi connectivity index (χ0n) is 5.39. The average molecular weight is 114 g/mol. The van der Waals surface area contributed by atoms with Gasteiger partial charge >= 0.3 is 0 Å². The van der Waals surface area contributed by atoms with E-state index in [0.29, 0.717) is 0 Å². The smallest absolute Gasteiger partial charge is 0.191 e. The zero-order valence-corrected chi connectivity index (χ0v) is 5.39. The van der Waals surface area contributed by atoms with Crippen molar-refractivity contribution in [2.45, 2.75) is 38.3 Å². The van der Waals surface area contributed by atoms with E-state index in [4.69, 9.17) is 9.47 Å². The molecule has 0 aromatic heterocycles. The lowest BCUT2D eigenvalue weighted by Crippen LogP contribution is -2.52. The molecule has 8 heavy (non-hydrogen) atoms. The minimum atomic E-state index is -0.0301. The molecule has 2 aliphatic heterocycles. The van der Waals surface area contributed by atoms with Crippen LogP contribution in [0.5, 0.6) is 0 Å². The highest BCUT2D eigenvalue weighted by Gasteiger charge is 2.74. The van der Waals surface area contributed by atoms with Crippen molar-refractivity contribution >= 4 is 0 Å². The molecule has 0 amide bonds. The molecule has 2 heteroatoms. The van der Waals surface area contributed by atoms with E-state index in [9.17, 15) is 0 Å². The van der Waals surface area contributed by atoms with Crippen LogP contribution < -0.4 is 0 Å². The normalized spacial score (nSPS) is 56.6. The highest BCUT2D eigenvalue weighted by atomic mass is 16.8. The average Bonchev–Trinajstić information content (AvgIpc) is 2.13. The molecule has 2 rings (SSSR count). The van der Waals surface area contributed by atoms with Crippen LogP contribution in [0.4, 0.5) is 0 Å². The Morgan fingerprint density at radius 3 is 1.75 bits per heavy atom. The fraction of sp³-hybridized carbons (Fsp3) is 1.00. The molecule has 0 saturated carbocycles. The van der Waals surface area contributed by atoms with E-state index in [2.05, 4.69) is 20.8 Å². The largest absolute Gasteiger partial charge is 0.340 e. The molecular formula is C6H10O2. The number of hydrogen-bond acceptors (Lipinski definition) is 2. The Bertz CT molecular complexity index is 139. The number of fused-ring (bicyclic) bond motifs is 1. The van der Waals surface area contributed by atoms with Crippen LogP contribution in [0.25, 0.3) is 0 Å². The second-order valence-electron chi connectivity index (χ2n) is 3.18. The van der Waals surface area contributed by atoms with Crippen molar-refractivity contribution in [2.75, 3.05) is 0 Å². The van der Waals surface area contributed by atoms with Gasteiger partial charge in [-0.1, -0.05) is 0 Å². The summed E-state index contributed by atoms with van der Waals surface area (Å²) in [6.45, 7) is 6.19. The van der Waals surface area contributed by atoms with Gasteiger partial charge in [0.2, 0.25) is 0 Å². The Morgan fingerprint density at radius 1 is 1.12 bits per heavy atom. The molecule has 0 aliphatic carbocycles. The summed E-state index contributed by atoms with van der Waals surface area (Å²) in [7, 11) is 0. The minimum absolute atomic E-state index is 0.0301. The second kappa shape index (κ2) is 0.847. The third kappa shape index (κ3) is 0.273. The Balaban J connectivity index is 2.24. The quantitative estimate of drug-likeness (QED) is 0.436. The van der Waals surface area contributed by atoms with Crippen molar-refractivity contribution in [3.8, 4) is 0 Å². The van der Waals surface area contributed by atoms with Crippen LogP contribution in [0.3, 0.4) is 0 Å². The Kier molecular flexibility index (Phi) is 0.505. The van der Waals surface area contributed by atoms with Gasteiger partial charge in [0.05, 0.1) is 5.60 Å². The van der Waals surface area contributed by atoms with E-state index >= 15 is 0 Å². The fourth-order valence-corrected chi connectivity index (χ4v) is 1.08. The number of rotatable bonds is 0. The maximum absolute atomic E-state index is 5.28. The van der Waals surface area contributed by atoms with Crippen LogP contribution in [0.2, 0.25) is 0 Å². The lowest BCUT2D eigenvalue weighted by atomic mass is 9.87. The summed E-state index contributed by atoms with van der Waals surface area (Å²) in [6.07, 6.45) is 0.123.